The summed E-state index contributed by atoms with van der Waals surface area (Å²) < 4.78 is 5.50. The molecule has 0 aliphatic rings. The molecular weight excluding hydrogens is 344 g/mol. The fourth-order valence-electron chi connectivity index (χ4n) is 1.93. The van der Waals surface area contributed by atoms with Gasteiger partial charge in [0.25, 0.3) is 16.8 Å². The van der Waals surface area contributed by atoms with Gasteiger partial charge in [0.15, 0.2) is 5.58 Å². The zero-order chi connectivity index (χ0) is 17.6. The molecule has 9 heteroatoms. The highest BCUT2D eigenvalue weighted by Crippen LogP contribution is 2.22. The van der Waals surface area contributed by atoms with Crippen molar-refractivity contribution >= 4 is 40.7 Å². The van der Waals surface area contributed by atoms with E-state index in [0.29, 0.717) is 16.4 Å². The minimum absolute atomic E-state index is 0.00378. The van der Waals surface area contributed by atoms with E-state index in [1.807, 2.05) is 18.2 Å². The van der Waals surface area contributed by atoms with E-state index in [0.717, 1.165) is 5.52 Å². The standard InChI is InChI=1S/C16H12N4O4S/c21-15(10-25-16-18-13-3-1-2-4-14(13)24-16)19-17-9-11-5-7-12(8-6-11)20(22)23/h1-9H,10H2,(H,19,21). The lowest BCUT2D eigenvalue weighted by Gasteiger charge is -1.97. The third kappa shape index (κ3) is 4.42. The van der Waals surface area contributed by atoms with Crippen molar-refractivity contribution in [3.63, 3.8) is 0 Å². The molecule has 3 rings (SSSR count). The van der Waals surface area contributed by atoms with Gasteiger partial charge >= 0.3 is 0 Å². The number of nitro benzene ring substituents is 1. The summed E-state index contributed by atoms with van der Waals surface area (Å²) in [5, 5.41) is 14.8. The number of hydrazone groups is 1. The number of oxazole rings is 1. The van der Waals surface area contributed by atoms with Gasteiger partial charge in [-0.1, -0.05) is 23.9 Å². The number of amides is 1. The number of hydrogen-bond donors (Lipinski definition) is 1. The van der Waals surface area contributed by atoms with Crippen molar-refractivity contribution in [2.24, 2.45) is 5.10 Å². The first-order valence-electron chi connectivity index (χ1n) is 7.16. The summed E-state index contributed by atoms with van der Waals surface area (Å²) in [4.78, 5) is 26.1. The lowest BCUT2D eigenvalue weighted by Crippen LogP contribution is -2.19. The Hall–Kier alpha value is -3.20. The van der Waals surface area contributed by atoms with Crippen molar-refractivity contribution in [1.82, 2.24) is 10.4 Å². The third-order valence-corrected chi connectivity index (χ3v) is 3.94. The topological polar surface area (TPSA) is 111 Å². The molecule has 0 aliphatic carbocycles. The molecule has 25 heavy (non-hydrogen) atoms. The zero-order valence-corrected chi connectivity index (χ0v) is 13.6. The number of nitrogens with zero attached hydrogens (tertiary/aromatic N) is 3. The number of nitrogens with one attached hydrogen (secondary N) is 1. The van der Waals surface area contributed by atoms with Crippen LogP contribution < -0.4 is 5.43 Å². The number of hydrogen-bond acceptors (Lipinski definition) is 7. The number of rotatable bonds is 6. The summed E-state index contributed by atoms with van der Waals surface area (Å²) in [6.45, 7) is 0. The number of aromatic nitrogens is 1. The van der Waals surface area contributed by atoms with Gasteiger partial charge in [-0.3, -0.25) is 14.9 Å². The monoisotopic (exact) mass is 356 g/mol. The Labute approximate surface area is 146 Å². The molecule has 0 bridgehead atoms. The lowest BCUT2D eigenvalue weighted by molar-refractivity contribution is -0.384. The van der Waals surface area contributed by atoms with Crippen molar-refractivity contribution in [2.45, 2.75) is 5.22 Å². The number of nitro groups is 1. The SMILES string of the molecule is O=C(CSc1nc2ccccc2o1)NN=Cc1ccc([N+](=O)[O-])cc1. The maximum Gasteiger partial charge on any atom is 0.269 e. The summed E-state index contributed by atoms with van der Waals surface area (Å²) in [5.41, 5.74) is 4.42. The number of thioether (sulfide) groups is 1. The Balaban J connectivity index is 1.49. The van der Waals surface area contributed by atoms with Gasteiger partial charge in [-0.15, -0.1) is 0 Å². The molecule has 0 unspecified atom stereocenters. The van der Waals surface area contributed by atoms with Gasteiger partial charge in [0, 0.05) is 12.1 Å². The first-order chi connectivity index (χ1) is 12.1. The van der Waals surface area contributed by atoms with Crippen LogP contribution in [0.1, 0.15) is 5.56 Å². The van der Waals surface area contributed by atoms with Gasteiger partial charge in [0.1, 0.15) is 5.52 Å². The molecule has 3 aromatic rings. The first kappa shape index (κ1) is 16.7. The van der Waals surface area contributed by atoms with Gasteiger partial charge in [0.2, 0.25) is 0 Å². The maximum atomic E-state index is 11.8. The van der Waals surface area contributed by atoms with Crippen LogP contribution in [-0.4, -0.2) is 27.8 Å². The minimum atomic E-state index is -0.480. The van der Waals surface area contributed by atoms with E-state index in [-0.39, 0.29) is 17.3 Å². The molecule has 1 heterocycles. The van der Waals surface area contributed by atoms with Crippen molar-refractivity contribution in [3.8, 4) is 0 Å². The van der Waals surface area contributed by atoms with Crippen LogP contribution in [-0.2, 0) is 4.79 Å². The summed E-state index contributed by atoms with van der Waals surface area (Å²) in [6, 6.07) is 13.2. The Bertz CT molecular complexity index is 904. The highest BCUT2D eigenvalue weighted by Gasteiger charge is 2.08. The van der Waals surface area contributed by atoms with E-state index >= 15 is 0 Å². The predicted octanol–water partition coefficient (Wildman–Crippen LogP) is 2.98. The number of benzene rings is 2. The molecule has 0 atom stereocenters. The number of carbonyl (C=O) groups excluding carboxylic acids is 1. The van der Waals surface area contributed by atoms with Crippen LogP contribution in [0.15, 0.2) is 63.3 Å². The average Bonchev–Trinajstić information content (AvgIpc) is 3.03. The quantitative estimate of drug-likeness (QED) is 0.315. The number of carbonyl (C=O) groups is 1. The summed E-state index contributed by atoms with van der Waals surface area (Å²) in [7, 11) is 0. The van der Waals surface area contributed by atoms with Crippen molar-refractivity contribution in [3.05, 3.63) is 64.2 Å². The minimum Gasteiger partial charge on any atom is -0.431 e. The van der Waals surface area contributed by atoms with Gasteiger partial charge in [-0.2, -0.15) is 5.10 Å². The molecular formula is C16H12N4O4S. The van der Waals surface area contributed by atoms with Crippen LogP contribution in [0.3, 0.4) is 0 Å². The van der Waals surface area contributed by atoms with Gasteiger partial charge in [-0.25, -0.2) is 10.4 Å². The van der Waals surface area contributed by atoms with Crippen LogP contribution in [0.4, 0.5) is 5.69 Å². The Morgan fingerprint density at radius 2 is 2.04 bits per heavy atom. The molecule has 1 amide bonds. The maximum absolute atomic E-state index is 11.8. The molecule has 0 fully saturated rings. The van der Waals surface area contributed by atoms with Gasteiger partial charge in [0.05, 0.1) is 16.9 Å². The van der Waals surface area contributed by atoms with Crippen molar-refractivity contribution < 1.29 is 14.1 Å². The van der Waals surface area contributed by atoms with Gasteiger partial charge < -0.3 is 4.42 Å². The smallest absolute Gasteiger partial charge is 0.269 e. The highest BCUT2D eigenvalue weighted by molar-refractivity contribution is 7.99. The second-order valence-electron chi connectivity index (χ2n) is 4.88. The Morgan fingerprint density at radius 3 is 2.76 bits per heavy atom. The molecule has 0 saturated heterocycles. The predicted molar refractivity (Wildman–Crippen MR) is 93.6 cm³/mol. The normalized spacial score (nSPS) is 11.0. The molecule has 2 aromatic carbocycles. The second kappa shape index (κ2) is 7.58. The van der Waals surface area contributed by atoms with E-state index in [1.54, 1.807) is 18.2 Å². The fourth-order valence-corrected chi connectivity index (χ4v) is 2.56. The Kier molecular flexibility index (Phi) is 5.05. The van der Waals surface area contributed by atoms with E-state index in [1.165, 1.54) is 30.1 Å². The molecule has 0 radical (unpaired) electrons. The van der Waals surface area contributed by atoms with Crippen molar-refractivity contribution in [2.75, 3.05) is 5.75 Å². The van der Waals surface area contributed by atoms with Crippen molar-refractivity contribution in [1.29, 1.82) is 0 Å². The summed E-state index contributed by atoms with van der Waals surface area (Å²) in [6.07, 6.45) is 1.41. The summed E-state index contributed by atoms with van der Waals surface area (Å²) >= 11 is 1.17. The largest absolute Gasteiger partial charge is 0.431 e. The molecule has 126 valence electrons. The van der Waals surface area contributed by atoms with Crippen LogP contribution in [0.2, 0.25) is 0 Å². The van der Waals surface area contributed by atoms with Crippen LogP contribution in [0.5, 0.6) is 0 Å². The third-order valence-electron chi connectivity index (χ3n) is 3.11. The molecule has 1 N–H and O–H groups in total. The second-order valence-corrected chi connectivity index (χ2v) is 5.80. The van der Waals surface area contributed by atoms with Crippen LogP contribution >= 0.6 is 11.8 Å². The highest BCUT2D eigenvalue weighted by atomic mass is 32.2. The molecule has 0 aliphatic heterocycles. The zero-order valence-electron chi connectivity index (χ0n) is 12.8. The molecule has 0 saturated carbocycles. The number of fused-ring (bicyclic) bond motifs is 1. The Morgan fingerprint density at radius 1 is 1.28 bits per heavy atom. The summed E-state index contributed by atoms with van der Waals surface area (Å²) in [5.74, 6) is -0.213. The molecule has 8 nitrogen and oxygen atoms in total. The lowest BCUT2D eigenvalue weighted by atomic mass is 10.2. The molecule has 1 aromatic heterocycles. The van der Waals surface area contributed by atoms with Crippen LogP contribution in [0.25, 0.3) is 11.1 Å². The number of para-hydroxylation sites is 2. The van der Waals surface area contributed by atoms with E-state index < -0.39 is 4.92 Å². The van der Waals surface area contributed by atoms with E-state index in [4.69, 9.17) is 4.42 Å². The van der Waals surface area contributed by atoms with Gasteiger partial charge in [-0.05, 0) is 29.8 Å². The van der Waals surface area contributed by atoms with E-state index in [2.05, 4.69) is 15.5 Å². The van der Waals surface area contributed by atoms with E-state index in [9.17, 15) is 14.9 Å². The fraction of sp³-hybridized carbons (Fsp3) is 0.0625. The first-order valence-corrected chi connectivity index (χ1v) is 8.15. The number of non-ortho nitro benzene ring substituents is 1. The van der Waals surface area contributed by atoms with Crippen LogP contribution in [0, 0.1) is 10.1 Å². The average molecular weight is 356 g/mol. The molecule has 0 spiro atoms.